The minimum absolute atomic E-state index is 0.0163. The van der Waals surface area contributed by atoms with Crippen molar-refractivity contribution in [3.63, 3.8) is 0 Å². The highest BCUT2D eigenvalue weighted by atomic mass is 16.2. The molecule has 0 radical (unpaired) electrons. The van der Waals surface area contributed by atoms with E-state index in [-0.39, 0.29) is 17.7 Å². The van der Waals surface area contributed by atoms with Crippen LogP contribution in [0.5, 0.6) is 0 Å². The predicted molar refractivity (Wildman–Crippen MR) is 102 cm³/mol. The molecule has 1 aliphatic heterocycles. The van der Waals surface area contributed by atoms with Gasteiger partial charge in [-0.2, -0.15) is 0 Å². The molecule has 146 valence electrons. The molecule has 2 amide bonds. The van der Waals surface area contributed by atoms with Crippen LogP contribution in [-0.2, 0) is 11.2 Å². The standard InChI is InChI=1S/C20H29N5O2/c26-18(14-5-1-2-6-14)21-10-9-17-16(19(27)25-11-3-4-12-25)13-22-20(24-17)23-15-7-8-15/h13-15H,1-12H2,(H,21,26)(H,22,23,24). The molecule has 27 heavy (non-hydrogen) atoms. The van der Waals surface area contributed by atoms with Gasteiger partial charge < -0.3 is 15.5 Å². The first-order valence-corrected chi connectivity index (χ1v) is 10.4. The summed E-state index contributed by atoms with van der Waals surface area (Å²) in [6, 6.07) is 0.458. The molecule has 2 N–H and O–H groups in total. The Bertz CT molecular complexity index is 692. The van der Waals surface area contributed by atoms with Crippen LogP contribution in [0.15, 0.2) is 6.20 Å². The Kier molecular flexibility index (Phi) is 5.55. The van der Waals surface area contributed by atoms with Gasteiger partial charge in [-0.15, -0.1) is 0 Å². The van der Waals surface area contributed by atoms with Crippen LogP contribution in [0.2, 0.25) is 0 Å². The van der Waals surface area contributed by atoms with Crippen molar-refractivity contribution in [1.29, 1.82) is 0 Å². The van der Waals surface area contributed by atoms with Gasteiger partial charge in [-0.05, 0) is 38.5 Å². The second-order valence-electron chi connectivity index (χ2n) is 7.99. The van der Waals surface area contributed by atoms with Gasteiger partial charge in [0, 0.05) is 44.2 Å². The number of rotatable bonds is 7. The summed E-state index contributed by atoms with van der Waals surface area (Å²) in [4.78, 5) is 36.0. The molecule has 0 spiro atoms. The molecular formula is C20H29N5O2. The Morgan fingerprint density at radius 3 is 2.52 bits per heavy atom. The van der Waals surface area contributed by atoms with Gasteiger partial charge in [0.15, 0.2) is 0 Å². The van der Waals surface area contributed by atoms with E-state index in [1.165, 1.54) is 0 Å². The lowest BCUT2D eigenvalue weighted by Gasteiger charge is -2.18. The van der Waals surface area contributed by atoms with Crippen LogP contribution in [0, 0.1) is 5.92 Å². The van der Waals surface area contributed by atoms with Crippen molar-refractivity contribution in [2.75, 3.05) is 25.0 Å². The molecule has 4 rings (SSSR count). The molecule has 7 nitrogen and oxygen atoms in total. The molecule has 0 unspecified atom stereocenters. The number of amides is 2. The minimum Gasteiger partial charge on any atom is -0.355 e. The van der Waals surface area contributed by atoms with Crippen LogP contribution in [-0.4, -0.2) is 52.4 Å². The Morgan fingerprint density at radius 1 is 1.07 bits per heavy atom. The summed E-state index contributed by atoms with van der Waals surface area (Å²) in [6.45, 7) is 2.12. The van der Waals surface area contributed by atoms with E-state index in [1.54, 1.807) is 6.20 Å². The van der Waals surface area contributed by atoms with Gasteiger partial charge in [0.25, 0.3) is 5.91 Å². The minimum atomic E-state index is 0.0163. The Morgan fingerprint density at radius 2 is 1.81 bits per heavy atom. The largest absolute Gasteiger partial charge is 0.355 e. The fraction of sp³-hybridized carbons (Fsp3) is 0.700. The summed E-state index contributed by atoms with van der Waals surface area (Å²) in [5, 5.41) is 6.34. The molecule has 2 heterocycles. The molecule has 7 heteroatoms. The topological polar surface area (TPSA) is 87.2 Å². The highest BCUT2D eigenvalue weighted by Crippen LogP contribution is 2.25. The third kappa shape index (κ3) is 4.57. The maximum atomic E-state index is 12.9. The molecule has 2 aliphatic carbocycles. The zero-order valence-corrected chi connectivity index (χ0v) is 15.9. The molecule has 3 aliphatic rings. The third-order valence-electron chi connectivity index (χ3n) is 5.79. The molecule has 1 aromatic heterocycles. The van der Waals surface area contributed by atoms with E-state index in [0.29, 0.717) is 30.5 Å². The second kappa shape index (κ2) is 8.23. The smallest absolute Gasteiger partial charge is 0.257 e. The quantitative estimate of drug-likeness (QED) is 0.767. The van der Waals surface area contributed by atoms with Crippen molar-refractivity contribution in [2.45, 2.75) is 63.8 Å². The number of hydrogen-bond acceptors (Lipinski definition) is 5. The van der Waals surface area contributed by atoms with Gasteiger partial charge in [-0.1, -0.05) is 12.8 Å². The molecule has 0 aromatic carbocycles. The molecule has 0 bridgehead atoms. The number of likely N-dealkylation sites (tertiary alicyclic amines) is 1. The van der Waals surface area contributed by atoms with Gasteiger partial charge in [-0.3, -0.25) is 9.59 Å². The van der Waals surface area contributed by atoms with Crippen molar-refractivity contribution in [3.05, 3.63) is 17.5 Å². The number of hydrogen-bond donors (Lipinski definition) is 2. The first-order valence-electron chi connectivity index (χ1n) is 10.4. The normalized spacial score (nSPS) is 20.1. The van der Waals surface area contributed by atoms with Crippen molar-refractivity contribution in [2.24, 2.45) is 5.92 Å². The molecule has 2 saturated carbocycles. The third-order valence-corrected chi connectivity index (χ3v) is 5.79. The molecule has 1 aromatic rings. The number of nitrogens with one attached hydrogen (secondary N) is 2. The van der Waals surface area contributed by atoms with Crippen molar-refractivity contribution < 1.29 is 9.59 Å². The van der Waals surface area contributed by atoms with Crippen LogP contribution in [0.25, 0.3) is 0 Å². The van der Waals surface area contributed by atoms with Crippen LogP contribution < -0.4 is 10.6 Å². The molecule has 0 atom stereocenters. The van der Waals surface area contributed by atoms with Crippen LogP contribution >= 0.6 is 0 Å². The van der Waals surface area contributed by atoms with E-state index in [2.05, 4.69) is 20.6 Å². The van der Waals surface area contributed by atoms with Crippen molar-refractivity contribution in [1.82, 2.24) is 20.2 Å². The van der Waals surface area contributed by atoms with E-state index in [1.807, 2.05) is 4.90 Å². The zero-order chi connectivity index (χ0) is 18.6. The Labute approximate surface area is 160 Å². The van der Waals surface area contributed by atoms with Crippen LogP contribution in [0.3, 0.4) is 0 Å². The average Bonchev–Trinajstić information content (AvgIpc) is 3.16. The lowest BCUT2D eigenvalue weighted by atomic mass is 10.1. The molecule has 1 saturated heterocycles. The van der Waals surface area contributed by atoms with Crippen molar-refractivity contribution in [3.8, 4) is 0 Å². The Hall–Kier alpha value is -2.18. The summed E-state index contributed by atoms with van der Waals surface area (Å²) >= 11 is 0. The summed E-state index contributed by atoms with van der Waals surface area (Å²) < 4.78 is 0. The van der Waals surface area contributed by atoms with Crippen LogP contribution in [0.4, 0.5) is 5.95 Å². The predicted octanol–water partition coefficient (Wildman–Crippen LogP) is 2.14. The second-order valence-corrected chi connectivity index (χ2v) is 7.99. The highest BCUT2D eigenvalue weighted by molar-refractivity contribution is 5.95. The first kappa shape index (κ1) is 18.2. The summed E-state index contributed by atoms with van der Waals surface area (Å²) in [7, 11) is 0. The van der Waals surface area contributed by atoms with Gasteiger partial charge >= 0.3 is 0 Å². The Balaban J connectivity index is 1.43. The van der Waals surface area contributed by atoms with E-state index >= 15 is 0 Å². The van der Waals surface area contributed by atoms with Gasteiger partial charge in [-0.25, -0.2) is 9.97 Å². The highest BCUT2D eigenvalue weighted by Gasteiger charge is 2.26. The zero-order valence-electron chi connectivity index (χ0n) is 15.9. The van der Waals surface area contributed by atoms with Gasteiger partial charge in [0.1, 0.15) is 0 Å². The number of aromatic nitrogens is 2. The van der Waals surface area contributed by atoms with E-state index in [9.17, 15) is 9.59 Å². The fourth-order valence-electron chi connectivity index (χ4n) is 3.99. The van der Waals surface area contributed by atoms with E-state index < -0.39 is 0 Å². The molecular weight excluding hydrogens is 342 g/mol. The lowest BCUT2D eigenvalue weighted by molar-refractivity contribution is -0.124. The van der Waals surface area contributed by atoms with E-state index in [0.717, 1.165) is 70.2 Å². The number of anilines is 1. The summed E-state index contributed by atoms with van der Waals surface area (Å²) in [5.41, 5.74) is 1.31. The first-order chi connectivity index (χ1) is 13.2. The van der Waals surface area contributed by atoms with Crippen molar-refractivity contribution >= 4 is 17.8 Å². The maximum Gasteiger partial charge on any atom is 0.257 e. The summed E-state index contributed by atoms with van der Waals surface area (Å²) in [6.07, 6.45) is 10.9. The van der Waals surface area contributed by atoms with Crippen LogP contribution in [0.1, 0.15) is 67.4 Å². The maximum absolute atomic E-state index is 12.9. The van der Waals surface area contributed by atoms with E-state index in [4.69, 9.17) is 0 Å². The number of carbonyl (C=O) groups is 2. The SMILES string of the molecule is O=C(NCCc1nc(NC2CC2)ncc1C(=O)N1CCCC1)C1CCCC1. The number of nitrogens with zero attached hydrogens (tertiary/aromatic N) is 3. The monoisotopic (exact) mass is 371 g/mol. The van der Waals surface area contributed by atoms with Gasteiger partial charge in [0.05, 0.1) is 11.3 Å². The fourth-order valence-corrected chi connectivity index (χ4v) is 3.99. The summed E-state index contributed by atoms with van der Waals surface area (Å²) in [5.74, 6) is 0.911. The molecule has 3 fully saturated rings. The number of carbonyl (C=O) groups excluding carboxylic acids is 2. The lowest BCUT2D eigenvalue weighted by Crippen LogP contribution is -2.32. The average molecular weight is 371 g/mol. The van der Waals surface area contributed by atoms with Gasteiger partial charge in [0.2, 0.25) is 11.9 Å².